The number of ether oxygens (including phenoxy) is 2. The predicted octanol–water partition coefficient (Wildman–Crippen LogP) is 3.36. The molecule has 0 bridgehead atoms. The molecular formula is C19H28O5. The van der Waals surface area contributed by atoms with Gasteiger partial charge in [0.25, 0.3) is 0 Å². The van der Waals surface area contributed by atoms with Gasteiger partial charge in [0.15, 0.2) is 5.78 Å². The van der Waals surface area contributed by atoms with Crippen LogP contribution < -0.4 is 0 Å². The molecule has 1 saturated heterocycles. The lowest BCUT2D eigenvalue weighted by molar-refractivity contribution is -0.149. The summed E-state index contributed by atoms with van der Waals surface area (Å²) in [7, 11) is 0. The number of unbranched alkanes of at least 4 members (excludes halogenated alkanes) is 4. The summed E-state index contributed by atoms with van der Waals surface area (Å²) >= 11 is 0. The van der Waals surface area contributed by atoms with Gasteiger partial charge in [-0.2, -0.15) is 0 Å². The summed E-state index contributed by atoms with van der Waals surface area (Å²) in [5, 5.41) is 0. The van der Waals surface area contributed by atoms with Gasteiger partial charge in [-0.15, -0.1) is 0 Å². The van der Waals surface area contributed by atoms with Gasteiger partial charge in [0, 0.05) is 31.6 Å². The molecule has 0 amide bonds. The molecule has 0 aromatic rings. The number of carbonyl (C=O) groups is 3. The molecule has 1 aliphatic heterocycles. The molecule has 5 heteroatoms. The fourth-order valence-corrected chi connectivity index (χ4v) is 3.71. The van der Waals surface area contributed by atoms with Gasteiger partial charge in [-0.05, 0) is 12.5 Å². The molecular weight excluding hydrogens is 308 g/mol. The number of rotatable bonds is 9. The SMILES string of the molecule is CCCCCCCC(=O)/C=C/[C@@H]1[C@H]2CC(=O)O[C@H]2C[C@H]1OC(C)=O. The van der Waals surface area contributed by atoms with Crippen LogP contribution in [0, 0.1) is 11.8 Å². The van der Waals surface area contributed by atoms with Crippen molar-refractivity contribution < 1.29 is 23.9 Å². The number of allylic oxidation sites excluding steroid dienone is 1. The topological polar surface area (TPSA) is 69.7 Å². The quantitative estimate of drug-likeness (QED) is 0.367. The minimum absolute atomic E-state index is 0.00968. The fraction of sp³-hybridized carbons (Fsp3) is 0.737. The van der Waals surface area contributed by atoms with Crippen molar-refractivity contribution in [1.82, 2.24) is 0 Å². The van der Waals surface area contributed by atoms with Gasteiger partial charge in [0.2, 0.25) is 0 Å². The number of esters is 2. The number of carbonyl (C=O) groups excluding carboxylic acids is 3. The van der Waals surface area contributed by atoms with Crippen LogP contribution in [0.25, 0.3) is 0 Å². The van der Waals surface area contributed by atoms with Crippen molar-refractivity contribution in [1.29, 1.82) is 0 Å². The smallest absolute Gasteiger partial charge is 0.306 e. The maximum absolute atomic E-state index is 12.0. The Hall–Kier alpha value is -1.65. The summed E-state index contributed by atoms with van der Waals surface area (Å²) in [4.78, 5) is 34.8. The molecule has 1 saturated carbocycles. The zero-order chi connectivity index (χ0) is 17.5. The summed E-state index contributed by atoms with van der Waals surface area (Å²) in [5.41, 5.74) is 0. The number of hydrogen-bond donors (Lipinski definition) is 0. The molecule has 1 aliphatic carbocycles. The second-order valence-corrected chi connectivity index (χ2v) is 6.85. The van der Waals surface area contributed by atoms with E-state index in [1.165, 1.54) is 26.2 Å². The summed E-state index contributed by atoms with van der Waals surface area (Å²) < 4.78 is 10.6. The van der Waals surface area contributed by atoms with Crippen molar-refractivity contribution in [3.05, 3.63) is 12.2 Å². The van der Waals surface area contributed by atoms with Crippen LogP contribution in [-0.4, -0.2) is 29.9 Å². The minimum atomic E-state index is -0.341. The summed E-state index contributed by atoms with van der Waals surface area (Å²) in [6.07, 6.45) is 9.92. The van der Waals surface area contributed by atoms with Crippen LogP contribution in [0.15, 0.2) is 12.2 Å². The Morgan fingerprint density at radius 3 is 2.71 bits per heavy atom. The molecule has 0 unspecified atom stereocenters. The fourth-order valence-electron chi connectivity index (χ4n) is 3.71. The highest BCUT2D eigenvalue weighted by Crippen LogP contribution is 2.43. The lowest BCUT2D eigenvalue weighted by atomic mass is 9.91. The third-order valence-electron chi connectivity index (χ3n) is 4.90. The van der Waals surface area contributed by atoms with Gasteiger partial charge >= 0.3 is 11.9 Å². The molecule has 0 N–H and O–H groups in total. The zero-order valence-corrected chi connectivity index (χ0v) is 14.7. The van der Waals surface area contributed by atoms with E-state index >= 15 is 0 Å². The second kappa shape index (κ2) is 9.00. The molecule has 24 heavy (non-hydrogen) atoms. The lowest BCUT2D eigenvalue weighted by Gasteiger charge is -2.19. The number of hydrogen-bond acceptors (Lipinski definition) is 5. The van der Waals surface area contributed by atoms with Crippen LogP contribution in [-0.2, 0) is 23.9 Å². The molecule has 2 fully saturated rings. The normalized spacial score (nSPS) is 28.8. The average Bonchev–Trinajstić information content (AvgIpc) is 3.00. The van der Waals surface area contributed by atoms with Crippen LogP contribution >= 0.6 is 0 Å². The van der Waals surface area contributed by atoms with Gasteiger partial charge < -0.3 is 9.47 Å². The average molecular weight is 336 g/mol. The molecule has 2 aliphatic rings. The first-order chi connectivity index (χ1) is 11.5. The highest BCUT2D eigenvalue weighted by atomic mass is 16.6. The lowest BCUT2D eigenvalue weighted by Crippen LogP contribution is -2.23. The standard InChI is InChI=1S/C19H28O5/c1-3-4-5-6-7-8-14(21)9-10-15-16-11-19(22)24-18(16)12-17(15)23-13(2)20/h9-10,15-18H,3-8,11-12H2,1-2H3/b10-9+/t15-,16-,17-,18+/m1/s1. The van der Waals surface area contributed by atoms with Crippen LogP contribution in [0.2, 0.25) is 0 Å². The zero-order valence-electron chi connectivity index (χ0n) is 14.7. The molecule has 5 nitrogen and oxygen atoms in total. The Bertz CT molecular complexity index is 496. The summed E-state index contributed by atoms with van der Waals surface area (Å²) in [6.45, 7) is 3.54. The van der Waals surface area contributed by atoms with E-state index in [4.69, 9.17) is 9.47 Å². The monoisotopic (exact) mass is 336 g/mol. The molecule has 2 rings (SSSR count). The molecule has 4 atom stereocenters. The molecule has 134 valence electrons. The third-order valence-corrected chi connectivity index (χ3v) is 4.90. The number of fused-ring (bicyclic) bond motifs is 1. The molecule has 1 heterocycles. The first-order valence-corrected chi connectivity index (χ1v) is 9.09. The Balaban J connectivity index is 1.87. The Morgan fingerprint density at radius 1 is 1.25 bits per heavy atom. The third kappa shape index (κ3) is 5.18. The van der Waals surface area contributed by atoms with Gasteiger partial charge in [-0.25, -0.2) is 0 Å². The van der Waals surface area contributed by atoms with Crippen LogP contribution in [0.3, 0.4) is 0 Å². The Kier molecular flexibility index (Phi) is 7.00. The Morgan fingerprint density at radius 2 is 2.00 bits per heavy atom. The van der Waals surface area contributed by atoms with Crippen molar-refractivity contribution in [2.24, 2.45) is 11.8 Å². The van der Waals surface area contributed by atoms with Gasteiger partial charge in [-0.1, -0.05) is 38.7 Å². The van der Waals surface area contributed by atoms with E-state index in [1.54, 1.807) is 6.08 Å². The van der Waals surface area contributed by atoms with E-state index < -0.39 is 0 Å². The van der Waals surface area contributed by atoms with E-state index in [0.717, 1.165) is 12.8 Å². The van der Waals surface area contributed by atoms with E-state index in [0.29, 0.717) is 19.3 Å². The highest BCUT2D eigenvalue weighted by molar-refractivity contribution is 5.89. The largest absolute Gasteiger partial charge is 0.462 e. The molecule has 0 spiro atoms. The first-order valence-electron chi connectivity index (χ1n) is 9.09. The maximum Gasteiger partial charge on any atom is 0.306 e. The Labute approximate surface area is 143 Å². The van der Waals surface area contributed by atoms with E-state index in [2.05, 4.69) is 6.92 Å². The van der Waals surface area contributed by atoms with Crippen LogP contribution in [0.4, 0.5) is 0 Å². The predicted molar refractivity (Wildman–Crippen MR) is 89.2 cm³/mol. The molecule has 0 aromatic heterocycles. The molecule has 0 aromatic carbocycles. The van der Waals surface area contributed by atoms with Crippen LogP contribution in [0.5, 0.6) is 0 Å². The van der Waals surface area contributed by atoms with E-state index in [-0.39, 0.29) is 41.8 Å². The van der Waals surface area contributed by atoms with Gasteiger partial charge in [-0.3, -0.25) is 14.4 Å². The van der Waals surface area contributed by atoms with Crippen molar-refractivity contribution in [2.75, 3.05) is 0 Å². The van der Waals surface area contributed by atoms with Crippen molar-refractivity contribution in [2.45, 2.75) is 77.4 Å². The van der Waals surface area contributed by atoms with Crippen molar-refractivity contribution in [3.63, 3.8) is 0 Å². The summed E-state index contributed by atoms with van der Waals surface area (Å²) in [5.74, 6) is -0.550. The van der Waals surface area contributed by atoms with Gasteiger partial charge in [0.1, 0.15) is 12.2 Å². The van der Waals surface area contributed by atoms with Crippen molar-refractivity contribution >= 4 is 17.7 Å². The second-order valence-electron chi connectivity index (χ2n) is 6.85. The maximum atomic E-state index is 12.0. The molecule has 0 radical (unpaired) electrons. The first kappa shape index (κ1) is 18.7. The van der Waals surface area contributed by atoms with E-state index in [9.17, 15) is 14.4 Å². The van der Waals surface area contributed by atoms with E-state index in [1.807, 2.05) is 6.08 Å². The summed E-state index contributed by atoms with van der Waals surface area (Å²) in [6, 6.07) is 0. The van der Waals surface area contributed by atoms with Crippen LogP contribution in [0.1, 0.15) is 65.2 Å². The van der Waals surface area contributed by atoms with Crippen molar-refractivity contribution in [3.8, 4) is 0 Å². The highest BCUT2D eigenvalue weighted by Gasteiger charge is 2.50. The number of ketones is 1. The minimum Gasteiger partial charge on any atom is -0.462 e. The van der Waals surface area contributed by atoms with Gasteiger partial charge in [0.05, 0.1) is 6.42 Å².